The number of hydrogen-bond acceptors (Lipinski definition) is 6. The largest absolute Gasteiger partial charge is 0.504 e. The van der Waals surface area contributed by atoms with Crippen LogP contribution in [0.3, 0.4) is 0 Å². The van der Waals surface area contributed by atoms with E-state index in [4.69, 9.17) is 32.0 Å². The molecule has 6 unspecified atom stereocenters. The number of benzene rings is 3. The molecule has 15 heteroatoms. The predicted molar refractivity (Wildman–Crippen MR) is 254 cm³/mol. The summed E-state index contributed by atoms with van der Waals surface area (Å²) < 4.78 is 4.38. The first-order chi connectivity index (χ1) is 26.0. The number of aromatic nitrogens is 2. The van der Waals surface area contributed by atoms with Crippen LogP contribution in [0, 0.1) is 0 Å². The van der Waals surface area contributed by atoms with Crippen molar-refractivity contribution in [1.82, 2.24) is 0 Å². The van der Waals surface area contributed by atoms with Crippen LogP contribution in [-0.2, 0) is 56.1 Å². The summed E-state index contributed by atoms with van der Waals surface area (Å²) in [4.78, 5) is 0. The smallest absolute Gasteiger partial charge is 0.173 e. The summed E-state index contributed by atoms with van der Waals surface area (Å²) >= 11 is 5.46. The van der Waals surface area contributed by atoms with Gasteiger partial charge in [-0.1, -0.05) is 69.9 Å². The topological polar surface area (TPSA) is 129 Å². The van der Waals surface area contributed by atoms with Crippen molar-refractivity contribution >= 4 is 52.0 Å². The molecule has 59 heavy (non-hydrogen) atoms. The Hall–Kier alpha value is -2.06. The number of phenolic OH excluding ortho intramolecular Hbond substituents is 6. The van der Waals surface area contributed by atoms with Crippen molar-refractivity contribution < 1.29 is 76.9 Å². The Bertz CT molecular complexity index is 1780. The molecule has 2 radical (unpaired) electrons. The number of phenols is 6. The van der Waals surface area contributed by atoms with Crippen LogP contribution in [0.2, 0.25) is 0 Å². The van der Waals surface area contributed by atoms with Gasteiger partial charge < -0.3 is 30.6 Å². The van der Waals surface area contributed by atoms with Crippen LogP contribution in [0.15, 0.2) is 104 Å². The van der Waals surface area contributed by atoms with E-state index in [1.165, 1.54) is 67.5 Å². The summed E-state index contributed by atoms with van der Waals surface area (Å²) in [6.07, 6.45) is 14.6. The number of rotatable bonds is 13. The molecule has 0 bridgehead atoms. The van der Waals surface area contributed by atoms with Crippen LogP contribution >= 0.6 is 46.7 Å². The molecule has 0 spiro atoms. The quantitative estimate of drug-likeness (QED) is 0.0302. The van der Waals surface area contributed by atoms with E-state index < -0.39 is 0 Å². The van der Waals surface area contributed by atoms with Crippen molar-refractivity contribution in [1.29, 1.82) is 0 Å². The number of hydrogen-bond donors (Lipinski definition) is 6. The third-order valence-corrected chi connectivity index (χ3v) is 10.8. The Morgan fingerprint density at radius 3 is 1.53 bits per heavy atom. The fourth-order valence-corrected chi connectivity index (χ4v) is 6.61. The molecule has 5 rings (SSSR count). The first-order valence-corrected chi connectivity index (χ1v) is 23.9. The van der Waals surface area contributed by atoms with Gasteiger partial charge in [0.15, 0.2) is 65.8 Å². The number of aromatic hydroxyl groups is 6. The van der Waals surface area contributed by atoms with E-state index in [1.54, 1.807) is 24.3 Å². The zero-order valence-electron chi connectivity index (χ0n) is 32.2. The molecule has 8 nitrogen and oxygen atoms in total. The molecule has 0 saturated heterocycles. The number of aryl methyl sites for hydroxylation is 1. The van der Waals surface area contributed by atoms with E-state index in [0.717, 1.165) is 23.0 Å². The van der Waals surface area contributed by atoms with E-state index in [1.807, 2.05) is 6.07 Å². The summed E-state index contributed by atoms with van der Waals surface area (Å²) in [5, 5.41) is 55.8. The van der Waals surface area contributed by atoms with Crippen molar-refractivity contribution in [3.8, 4) is 34.5 Å². The van der Waals surface area contributed by atoms with Gasteiger partial charge in [0.1, 0.15) is 6.54 Å². The first-order valence-electron chi connectivity index (χ1n) is 17.8. The Labute approximate surface area is 392 Å². The van der Waals surface area contributed by atoms with E-state index in [9.17, 15) is 10.2 Å². The minimum atomic E-state index is -0.127. The minimum Gasteiger partial charge on any atom is -0.504 e. The fraction of sp³-hybridized carbons (Fsp3) is 0.364. The number of alkyl halides is 1. The fourth-order valence-electron chi connectivity index (χ4n) is 5.50. The van der Waals surface area contributed by atoms with Gasteiger partial charge in [-0.05, 0) is 95.6 Å². The van der Waals surface area contributed by atoms with Gasteiger partial charge in [-0.25, -0.2) is 9.13 Å². The maximum absolute atomic E-state index is 9.69. The molecule has 5 aromatic rings. The molecule has 0 amide bonds. The molecule has 0 aliphatic heterocycles. The minimum absolute atomic E-state index is 0. The van der Waals surface area contributed by atoms with Crippen molar-refractivity contribution in [2.75, 3.05) is 0 Å². The number of unbranched alkanes of at least 4 members (excludes halogenated alkanes) is 1. The molecular weight excluding hydrogens is 914 g/mol. The summed E-state index contributed by atoms with van der Waals surface area (Å²) in [6.45, 7) is 8.60. The second-order valence-electron chi connectivity index (χ2n) is 12.7. The summed E-state index contributed by atoms with van der Waals surface area (Å²) in [7, 11) is 7.80. The van der Waals surface area contributed by atoms with Crippen LogP contribution in [-0.4, -0.2) is 30.6 Å². The van der Waals surface area contributed by atoms with Gasteiger partial charge in [-0.15, -0.1) is 38.4 Å². The van der Waals surface area contributed by atoms with Crippen LogP contribution in [0.1, 0.15) is 109 Å². The Balaban J connectivity index is -0.000000463. The molecule has 6 N–H and O–H groups in total. The molecule has 326 valence electrons. The van der Waals surface area contributed by atoms with Crippen LogP contribution in [0.4, 0.5) is 0 Å². The van der Waals surface area contributed by atoms with Gasteiger partial charge in [0.2, 0.25) is 0 Å². The van der Waals surface area contributed by atoms with E-state index in [2.05, 4.69) is 106 Å². The predicted octanol–water partition coefficient (Wildman–Crippen LogP) is 11.2. The third kappa shape index (κ3) is 23.1. The van der Waals surface area contributed by atoms with Gasteiger partial charge >= 0.3 is 0 Å². The van der Waals surface area contributed by atoms with Crippen molar-refractivity contribution in [3.05, 3.63) is 126 Å². The average molecular weight is 983 g/mol. The molecule has 0 aliphatic rings. The third-order valence-electron chi connectivity index (χ3n) is 8.83. The summed E-state index contributed by atoms with van der Waals surface area (Å²) in [5.41, 5.74) is 4.55. The standard InChI is InChI=1S/C28H36N2O2.C7H7ClO2.C6H8O2P2.3CH4.H4P2.2V/c1-4-6-15-29-16-13-26(14-17-29)24(5-2)9-7-22(3)25-11-18-30(19-12-25)21-23-8-10-27(31)28(32)20-23;8-4-5-1-2-6(9)7(10)3-5;7-5-2-1-4(10-9)3-6(5)8;;;;1-2;;/h8,10-14,16-20,22,24H,4-7,9,15,21H2,1-3H3;1-3,9-10H,4H2;1-3,7-8,10H,9H2;3*1H4;1-2H2;;/p+2. The second-order valence-corrected chi connectivity index (χ2v) is 14.7. The van der Waals surface area contributed by atoms with E-state index >= 15 is 0 Å². The van der Waals surface area contributed by atoms with Crippen molar-refractivity contribution in [3.63, 3.8) is 0 Å². The zero-order chi connectivity index (χ0) is 40.0. The van der Waals surface area contributed by atoms with Crippen LogP contribution in [0.25, 0.3) is 0 Å². The second kappa shape index (κ2) is 35.5. The zero-order valence-corrected chi connectivity index (χ0v) is 40.2. The van der Waals surface area contributed by atoms with E-state index in [0.29, 0.717) is 32.5 Å². The van der Waals surface area contributed by atoms with Gasteiger partial charge in [0.05, 0.1) is 0 Å². The van der Waals surface area contributed by atoms with Crippen LogP contribution < -0.4 is 14.4 Å². The molecule has 0 saturated carbocycles. The molecule has 2 aromatic heterocycles. The van der Waals surface area contributed by atoms with Gasteiger partial charge in [-0.3, -0.25) is 0 Å². The maximum Gasteiger partial charge on any atom is 0.173 e. The Morgan fingerprint density at radius 1 is 0.610 bits per heavy atom. The van der Waals surface area contributed by atoms with Gasteiger partial charge in [-0.2, -0.15) is 0 Å². The van der Waals surface area contributed by atoms with E-state index in [-0.39, 0.29) is 93.9 Å². The normalized spacial score (nSPS) is 10.7. The Kier molecular flexibility index (Phi) is 38.3. The van der Waals surface area contributed by atoms with Gasteiger partial charge in [0, 0.05) is 79.2 Å². The molecule has 0 fully saturated rings. The summed E-state index contributed by atoms with van der Waals surface area (Å²) in [5.74, 6) is 0.941. The Morgan fingerprint density at radius 2 is 1.07 bits per heavy atom. The van der Waals surface area contributed by atoms with Crippen molar-refractivity contribution in [2.24, 2.45) is 0 Å². The summed E-state index contributed by atoms with van der Waals surface area (Å²) in [6, 6.07) is 23.3. The molecule has 0 aliphatic carbocycles. The van der Waals surface area contributed by atoms with Crippen molar-refractivity contribution in [2.45, 2.75) is 106 Å². The molecule has 6 atom stereocenters. The first kappa shape index (κ1) is 63.6. The van der Waals surface area contributed by atoms with Crippen LogP contribution in [0.5, 0.6) is 34.5 Å². The molecular formula is C44H69ClN2O6P4V2+2. The number of halogens is 1. The van der Waals surface area contributed by atoms with Gasteiger partial charge in [0.25, 0.3) is 0 Å². The maximum atomic E-state index is 9.69. The number of pyridine rings is 2. The monoisotopic (exact) mass is 982 g/mol. The SMILES string of the molecule is C.C.C.CCCC[n+]1ccc(C(CC)CCC(C)c2cc[n+](Cc3ccc(O)c(O)c3)cc2)cc1.Oc1ccc(CCl)cc1O.Oc1ccc(PP)cc1O.PP.[V].[V]. The molecule has 2 heterocycles. The average Bonchev–Trinajstić information content (AvgIpc) is 3.19. The number of nitrogens with zero attached hydrogens (tertiary/aromatic N) is 2. The molecule has 3 aromatic carbocycles.